The van der Waals surface area contributed by atoms with E-state index in [1.54, 1.807) is 30.3 Å². The van der Waals surface area contributed by atoms with Crippen LogP contribution in [0.15, 0.2) is 36.4 Å². The third-order valence-corrected chi connectivity index (χ3v) is 4.86. The summed E-state index contributed by atoms with van der Waals surface area (Å²) < 4.78 is 5.82. The normalized spacial score (nSPS) is 11.3. The number of ether oxygens (including phenoxy) is 1. The molecule has 2 aromatic rings. The molecule has 0 spiro atoms. The molecule has 0 aliphatic rings. The van der Waals surface area contributed by atoms with Crippen LogP contribution in [0.5, 0.6) is 11.5 Å². The molecule has 0 unspecified atom stereocenters. The molecule has 27 heavy (non-hydrogen) atoms. The first-order valence-corrected chi connectivity index (χ1v) is 9.73. The molecule has 0 saturated heterocycles. The van der Waals surface area contributed by atoms with Gasteiger partial charge in [0.25, 0.3) is 5.69 Å². The quantitative estimate of drug-likeness (QED) is 0.343. The third-order valence-electron chi connectivity index (χ3n) is 4.33. The second-order valence-corrected chi connectivity index (χ2v) is 7.64. The number of nitro groups is 1. The van der Waals surface area contributed by atoms with Crippen molar-refractivity contribution in [3.8, 4) is 11.5 Å². The summed E-state index contributed by atoms with van der Waals surface area (Å²) in [6, 6.07) is 9.57. The zero-order valence-corrected chi connectivity index (χ0v) is 17.2. The smallest absolute Gasteiger partial charge is 0.292 e. The van der Waals surface area contributed by atoms with Crippen molar-refractivity contribution in [2.75, 3.05) is 5.32 Å². The van der Waals surface area contributed by atoms with Gasteiger partial charge in [-0.25, -0.2) is 0 Å². The molecule has 1 N–H and O–H groups in total. The molecule has 2 aromatic carbocycles. The zero-order chi connectivity index (χ0) is 20.0. The third kappa shape index (κ3) is 5.75. The van der Waals surface area contributed by atoms with Crippen LogP contribution >= 0.6 is 23.2 Å². The molecule has 0 atom stereocenters. The number of rotatable bonds is 9. The predicted molar refractivity (Wildman–Crippen MR) is 111 cm³/mol. The molecular formula is C20H24Cl2N2O3. The highest BCUT2D eigenvalue weighted by atomic mass is 35.5. The lowest BCUT2D eigenvalue weighted by atomic mass is 9.90. The number of benzene rings is 2. The number of hydrogen-bond acceptors (Lipinski definition) is 4. The summed E-state index contributed by atoms with van der Waals surface area (Å²) in [5, 5.41) is 15.7. The van der Waals surface area contributed by atoms with Crippen LogP contribution in [0.2, 0.25) is 10.0 Å². The Kier molecular flexibility index (Phi) is 7.33. The van der Waals surface area contributed by atoms with Gasteiger partial charge in [-0.2, -0.15) is 0 Å². The fourth-order valence-corrected chi connectivity index (χ4v) is 3.65. The van der Waals surface area contributed by atoms with Gasteiger partial charge < -0.3 is 10.1 Å². The van der Waals surface area contributed by atoms with Crippen molar-refractivity contribution in [3.63, 3.8) is 0 Å². The molecule has 146 valence electrons. The van der Waals surface area contributed by atoms with Crippen LogP contribution in [0.3, 0.4) is 0 Å². The highest BCUT2D eigenvalue weighted by molar-refractivity contribution is 6.35. The van der Waals surface area contributed by atoms with E-state index in [0.29, 0.717) is 27.2 Å². The average Bonchev–Trinajstić information content (AvgIpc) is 2.57. The number of halogens is 2. The lowest BCUT2D eigenvalue weighted by molar-refractivity contribution is -0.384. The minimum Gasteiger partial charge on any atom is -0.456 e. The number of nitro benzene ring substituents is 1. The second kappa shape index (κ2) is 9.29. The summed E-state index contributed by atoms with van der Waals surface area (Å²) in [5.74, 6) is 0.897. The fourth-order valence-electron chi connectivity index (χ4n) is 3.20. The van der Waals surface area contributed by atoms with Crippen molar-refractivity contribution in [1.29, 1.82) is 0 Å². The van der Waals surface area contributed by atoms with Gasteiger partial charge >= 0.3 is 0 Å². The SMILES string of the molecule is CCCC(C)(CCC)Nc1cc(Oc2ccc(Cl)cc2Cl)ccc1[N+](=O)[O-]. The molecule has 0 aliphatic heterocycles. The molecule has 0 saturated carbocycles. The molecule has 5 nitrogen and oxygen atoms in total. The molecule has 0 aliphatic carbocycles. The number of anilines is 1. The number of nitrogens with one attached hydrogen (secondary N) is 1. The minimum absolute atomic E-state index is 0.0167. The Morgan fingerprint density at radius 3 is 2.33 bits per heavy atom. The summed E-state index contributed by atoms with van der Waals surface area (Å²) in [6.45, 7) is 6.30. The lowest BCUT2D eigenvalue weighted by Gasteiger charge is -2.31. The van der Waals surface area contributed by atoms with E-state index in [1.165, 1.54) is 6.07 Å². The first kappa shape index (κ1) is 21.3. The lowest BCUT2D eigenvalue weighted by Crippen LogP contribution is -2.34. The molecule has 7 heteroatoms. The van der Waals surface area contributed by atoms with Crippen molar-refractivity contribution in [3.05, 3.63) is 56.6 Å². The van der Waals surface area contributed by atoms with Crippen LogP contribution in [0.1, 0.15) is 46.5 Å². The maximum Gasteiger partial charge on any atom is 0.292 e. The average molecular weight is 411 g/mol. The topological polar surface area (TPSA) is 64.4 Å². The molecule has 0 bridgehead atoms. The van der Waals surface area contributed by atoms with Crippen LogP contribution < -0.4 is 10.1 Å². The molecular weight excluding hydrogens is 387 g/mol. The molecule has 0 radical (unpaired) electrons. The Morgan fingerprint density at radius 1 is 1.11 bits per heavy atom. The standard InChI is InChI=1S/C20H24Cl2N2O3/c1-4-10-20(3,11-5-2)23-17-13-15(7-8-18(17)24(25)26)27-19-9-6-14(21)12-16(19)22/h6-9,12-13,23H,4-5,10-11H2,1-3H3. The van der Waals surface area contributed by atoms with Crippen molar-refractivity contribution in [2.24, 2.45) is 0 Å². The summed E-state index contributed by atoms with van der Waals surface area (Å²) in [6.07, 6.45) is 3.78. The largest absolute Gasteiger partial charge is 0.456 e. The Hall–Kier alpha value is -1.98. The van der Waals surface area contributed by atoms with Gasteiger partial charge in [-0.15, -0.1) is 0 Å². The predicted octanol–water partition coefficient (Wildman–Crippen LogP) is 7.46. The van der Waals surface area contributed by atoms with E-state index in [4.69, 9.17) is 27.9 Å². The van der Waals surface area contributed by atoms with Gasteiger partial charge in [0, 0.05) is 22.7 Å². The number of nitrogens with zero attached hydrogens (tertiary/aromatic N) is 1. The second-order valence-electron chi connectivity index (χ2n) is 6.80. The molecule has 0 fully saturated rings. The summed E-state index contributed by atoms with van der Waals surface area (Å²) in [7, 11) is 0. The van der Waals surface area contributed by atoms with Crippen LogP contribution in [0, 0.1) is 10.1 Å². The van der Waals surface area contributed by atoms with Gasteiger partial charge in [0.1, 0.15) is 17.2 Å². The van der Waals surface area contributed by atoms with Crippen LogP contribution in [0.4, 0.5) is 11.4 Å². The maximum atomic E-state index is 11.5. The van der Waals surface area contributed by atoms with E-state index in [1.807, 2.05) is 0 Å². The van der Waals surface area contributed by atoms with E-state index in [9.17, 15) is 10.1 Å². The van der Waals surface area contributed by atoms with Gasteiger partial charge in [-0.1, -0.05) is 49.9 Å². The molecule has 0 heterocycles. The first-order valence-electron chi connectivity index (χ1n) is 8.97. The fraction of sp³-hybridized carbons (Fsp3) is 0.400. The van der Waals surface area contributed by atoms with Gasteiger partial charge in [0.2, 0.25) is 0 Å². The zero-order valence-electron chi connectivity index (χ0n) is 15.7. The van der Waals surface area contributed by atoms with Crippen molar-refractivity contribution in [1.82, 2.24) is 0 Å². The molecule has 0 amide bonds. The first-order chi connectivity index (χ1) is 12.8. The number of hydrogen-bond donors (Lipinski definition) is 1. The van der Waals surface area contributed by atoms with Gasteiger partial charge in [-0.3, -0.25) is 10.1 Å². The van der Waals surface area contributed by atoms with Crippen molar-refractivity contribution < 1.29 is 9.66 Å². The van der Waals surface area contributed by atoms with E-state index >= 15 is 0 Å². The summed E-state index contributed by atoms with van der Waals surface area (Å²) in [4.78, 5) is 11.1. The minimum atomic E-state index is -0.389. The Bertz CT molecular complexity index is 806. The highest BCUT2D eigenvalue weighted by Crippen LogP contribution is 2.37. The maximum absolute atomic E-state index is 11.5. The van der Waals surface area contributed by atoms with E-state index in [-0.39, 0.29) is 16.1 Å². The van der Waals surface area contributed by atoms with E-state index < -0.39 is 0 Å². The Balaban J connectivity index is 2.37. The molecule has 0 aromatic heterocycles. The van der Waals surface area contributed by atoms with Gasteiger partial charge in [-0.05, 0) is 44.0 Å². The monoisotopic (exact) mass is 410 g/mol. The van der Waals surface area contributed by atoms with Crippen LogP contribution in [-0.4, -0.2) is 10.5 Å². The van der Waals surface area contributed by atoms with Gasteiger partial charge in [0.05, 0.1) is 9.95 Å². The van der Waals surface area contributed by atoms with Gasteiger partial charge in [0.15, 0.2) is 0 Å². The summed E-state index contributed by atoms with van der Waals surface area (Å²) >= 11 is 12.1. The van der Waals surface area contributed by atoms with E-state index in [2.05, 4.69) is 26.1 Å². The Morgan fingerprint density at radius 2 is 1.78 bits per heavy atom. The summed E-state index contributed by atoms with van der Waals surface area (Å²) in [5.41, 5.74) is 0.222. The van der Waals surface area contributed by atoms with Crippen molar-refractivity contribution in [2.45, 2.75) is 52.0 Å². The van der Waals surface area contributed by atoms with Crippen molar-refractivity contribution >= 4 is 34.6 Å². The Labute approximate surface area is 169 Å². The van der Waals surface area contributed by atoms with Crippen LogP contribution in [-0.2, 0) is 0 Å². The highest BCUT2D eigenvalue weighted by Gasteiger charge is 2.26. The molecule has 2 rings (SSSR count). The van der Waals surface area contributed by atoms with Crippen LogP contribution in [0.25, 0.3) is 0 Å². The van der Waals surface area contributed by atoms with E-state index in [0.717, 1.165) is 25.7 Å².